The smallest absolute Gasteiger partial charge is 0.279 e. The molecule has 8 nitrogen and oxygen atoms in total. The lowest BCUT2D eigenvalue weighted by Gasteiger charge is -2.20. The average molecular weight is 452 g/mol. The van der Waals surface area contributed by atoms with Crippen LogP contribution in [-0.2, 0) is 14.8 Å². The SMILES string of the molecule is CCN1C(=O)/C(=N\N(C(N)=S)c2ccccc2S(N)(=O)=O)c2cc(Cl)cc(C)c21. The van der Waals surface area contributed by atoms with Crippen molar-refractivity contribution < 1.29 is 13.2 Å². The molecule has 2 aromatic carbocycles. The van der Waals surface area contributed by atoms with Gasteiger partial charge in [-0.2, -0.15) is 5.10 Å². The number of nitrogens with two attached hydrogens (primary N) is 2. The van der Waals surface area contributed by atoms with Gasteiger partial charge in [-0.15, -0.1) is 0 Å². The fourth-order valence-corrected chi connectivity index (χ4v) is 4.34. The lowest BCUT2D eigenvalue weighted by molar-refractivity contribution is -0.112. The van der Waals surface area contributed by atoms with Crippen molar-refractivity contribution in [3.05, 3.63) is 52.5 Å². The standard InChI is InChI=1S/C18H18ClN5O3S2/c1-3-23-16-10(2)8-11(19)9-12(16)15(17(23)25)22-24(18(20)28)13-6-4-5-7-14(13)29(21,26)27/h4-9H,3H2,1-2H3,(H2,20,28)(H2,21,26,27)/b22-15-. The normalized spacial score (nSPS) is 15.0. The van der Waals surface area contributed by atoms with Crippen LogP contribution in [0, 0.1) is 6.92 Å². The lowest BCUT2D eigenvalue weighted by Crippen LogP contribution is -2.36. The summed E-state index contributed by atoms with van der Waals surface area (Å²) in [4.78, 5) is 14.4. The van der Waals surface area contributed by atoms with Gasteiger partial charge in [-0.3, -0.25) is 4.79 Å². The number of amides is 1. The Hall–Kier alpha value is -2.53. The van der Waals surface area contributed by atoms with Gasteiger partial charge in [0.25, 0.3) is 5.91 Å². The first-order chi connectivity index (χ1) is 13.6. The summed E-state index contributed by atoms with van der Waals surface area (Å²) in [5.74, 6) is -0.373. The van der Waals surface area contributed by atoms with Crippen LogP contribution in [0.4, 0.5) is 11.4 Å². The molecule has 0 aromatic heterocycles. The van der Waals surface area contributed by atoms with E-state index in [-0.39, 0.29) is 27.3 Å². The number of benzene rings is 2. The van der Waals surface area contributed by atoms with Gasteiger partial charge >= 0.3 is 0 Å². The number of carbonyl (C=O) groups is 1. The lowest BCUT2D eigenvalue weighted by atomic mass is 10.1. The molecule has 0 saturated heterocycles. The molecule has 0 atom stereocenters. The number of rotatable bonds is 4. The largest absolute Gasteiger partial charge is 0.374 e. The van der Waals surface area contributed by atoms with Gasteiger partial charge in [0.2, 0.25) is 10.0 Å². The molecule has 4 N–H and O–H groups in total. The Morgan fingerprint density at radius 1 is 1.31 bits per heavy atom. The van der Waals surface area contributed by atoms with Crippen molar-refractivity contribution in [3.63, 3.8) is 0 Å². The van der Waals surface area contributed by atoms with Crippen LogP contribution >= 0.6 is 23.8 Å². The zero-order chi connectivity index (χ0) is 21.5. The van der Waals surface area contributed by atoms with E-state index in [0.29, 0.717) is 22.8 Å². The van der Waals surface area contributed by atoms with E-state index in [2.05, 4.69) is 5.10 Å². The number of carbonyl (C=O) groups excluding carboxylic acids is 1. The molecule has 152 valence electrons. The van der Waals surface area contributed by atoms with E-state index in [1.54, 1.807) is 23.1 Å². The van der Waals surface area contributed by atoms with Crippen LogP contribution in [0.15, 0.2) is 46.4 Å². The third-order valence-corrected chi connectivity index (χ3v) is 5.71. The summed E-state index contributed by atoms with van der Waals surface area (Å²) in [6.45, 7) is 4.08. The minimum Gasteiger partial charge on any atom is -0.374 e. The maximum absolute atomic E-state index is 13.0. The Bertz CT molecular complexity index is 1160. The summed E-state index contributed by atoms with van der Waals surface area (Å²) in [5, 5.41) is 10.8. The van der Waals surface area contributed by atoms with E-state index in [9.17, 15) is 13.2 Å². The molecule has 0 aliphatic carbocycles. The second kappa shape index (κ2) is 7.71. The number of halogens is 1. The zero-order valence-electron chi connectivity index (χ0n) is 15.6. The van der Waals surface area contributed by atoms with Crippen LogP contribution in [0.3, 0.4) is 0 Å². The maximum atomic E-state index is 13.0. The predicted octanol–water partition coefficient (Wildman–Crippen LogP) is 2.12. The summed E-state index contributed by atoms with van der Waals surface area (Å²) >= 11 is 11.3. The number of aryl methyl sites for hydroxylation is 1. The monoisotopic (exact) mass is 451 g/mol. The number of hydrazone groups is 1. The number of anilines is 2. The van der Waals surface area contributed by atoms with Gasteiger partial charge in [0.05, 0.1) is 11.4 Å². The number of hydrogen-bond acceptors (Lipinski definition) is 5. The molecule has 29 heavy (non-hydrogen) atoms. The molecule has 0 saturated carbocycles. The van der Waals surface area contributed by atoms with Crippen molar-refractivity contribution in [1.82, 2.24) is 0 Å². The molecule has 1 aliphatic rings. The third kappa shape index (κ3) is 3.84. The zero-order valence-corrected chi connectivity index (χ0v) is 18.0. The minimum atomic E-state index is -4.09. The number of para-hydroxylation sites is 1. The van der Waals surface area contributed by atoms with Crippen LogP contribution in [0.25, 0.3) is 0 Å². The topological polar surface area (TPSA) is 122 Å². The van der Waals surface area contributed by atoms with Gasteiger partial charge < -0.3 is 10.6 Å². The Kier molecular flexibility index (Phi) is 5.63. The molecule has 0 unspecified atom stereocenters. The summed E-state index contributed by atoms with van der Waals surface area (Å²) < 4.78 is 24.0. The number of primary sulfonamides is 1. The molecule has 2 aromatic rings. The van der Waals surface area contributed by atoms with Crippen molar-refractivity contribution in [1.29, 1.82) is 0 Å². The Balaban J connectivity index is 2.26. The van der Waals surface area contributed by atoms with Crippen molar-refractivity contribution in [2.75, 3.05) is 16.5 Å². The van der Waals surface area contributed by atoms with E-state index in [0.717, 1.165) is 10.6 Å². The first-order valence-electron chi connectivity index (χ1n) is 8.48. The van der Waals surface area contributed by atoms with Crippen molar-refractivity contribution in [3.8, 4) is 0 Å². The molecule has 0 radical (unpaired) electrons. The van der Waals surface area contributed by atoms with Gasteiger partial charge in [0, 0.05) is 17.1 Å². The summed E-state index contributed by atoms with van der Waals surface area (Å²) in [5.41, 5.74) is 7.90. The maximum Gasteiger partial charge on any atom is 0.279 e. The minimum absolute atomic E-state index is 0.0399. The molecule has 1 heterocycles. The quantitative estimate of drug-likeness (QED) is 0.542. The van der Waals surface area contributed by atoms with Gasteiger partial charge in [0.1, 0.15) is 4.90 Å². The first-order valence-corrected chi connectivity index (χ1v) is 10.8. The number of thiocarbonyl (C=S) groups is 1. The van der Waals surface area contributed by atoms with E-state index < -0.39 is 10.0 Å². The Labute approximate surface area is 178 Å². The number of likely N-dealkylation sites (N-methyl/N-ethyl adjacent to an activating group) is 1. The van der Waals surface area contributed by atoms with Crippen LogP contribution in [-0.4, -0.2) is 31.7 Å². The fraction of sp³-hybridized carbons (Fsp3) is 0.167. The molecule has 11 heteroatoms. The first kappa shape index (κ1) is 21.2. The van der Waals surface area contributed by atoms with Crippen molar-refractivity contribution in [2.45, 2.75) is 18.7 Å². The van der Waals surface area contributed by atoms with E-state index in [1.165, 1.54) is 18.2 Å². The fourth-order valence-electron chi connectivity index (χ4n) is 3.21. The molecule has 3 rings (SSSR count). The van der Waals surface area contributed by atoms with Gasteiger partial charge in [-0.1, -0.05) is 23.7 Å². The van der Waals surface area contributed by atoms with E-state index in [4.69, 9.17) is 34.7 Å². The predicted molar refractivity (Wildman–Crippen MR) is 118 cm³/mol. The molecular weight excluding hydrogens is 434 g/mol. The highest BCUT2D eigenvalue weighted by Crippen LogP contribution is 2.36. The number of nitrogens with zero attached hydrogens (tertiary/aromatic N) is 3. The van der Waals surface area contributed by atoms with Crippen molar-refractivity contribution in [2.24, 2.45) is 16.0 Å². The molecule has 0 bridgehead atoms. The highest BCUT2D eigenvalue weighted by Gasteiger charge is 2.36. The second-order valence-corrected chi connectivity index (χ2v) is 8.66. The Morgan fingerprint density at radius 2 is 1.97 bits per heavy atom. The molecular formula is C18H18ClN5O3S2. The van der Waals surface area contributed by atoms with Gasteiger partial charge in [-0.25, -0.2) is 18.6 Å². The van der Waals surface area contributed by atoms with Gasteiger partial charge in [-0.05, 0) is 55.9 Å². The highest BCUT2D eigenvalue weighted by atomic mass is 35.5. The van der Waals surface area contributed by atoms with Crippen LogP contribution < -0.4 is 20.8 Å². The van der Waals surface area contributed by atoms with Gasteiger partial charge in [0.15, 0.2) is 10.8 Å². The average Bonchev–Trinajstić information content (AvgIpc) is 2.89. The molecule has 0 fully saturated rings. The summed E-state index contributed by atoms with van der Waals surface area (Å²) in [6.07, 6.45) is 0. The van der Waals surface area contributed by atoms with Crippen LogP contribution in [0.2, 0.25) is 5.02 Å². The number of sulfonamides is 1. The molecule has 0 spiro atoms. The Morgan fingerprint density at radius 3 is 2.55 bits per heavy atom. The van der Waals surface area contributed by atoms with E-state index in [1.807, 2.05) is 13.8 Å². The highest BCUT2D eigenvalue weighted by molar-refractivity contribution is 7.89. The molecule has 1 amide bonds. The van der Waals surface area contributed by atoms with Crippen molar-refractivity contribution >= 4 is 61.9 Å². The number of hydrogen-bond donors (Lipinski definition) is 2. The molecule has 1 aliphatic heterocycles. The van der Waals surface area contributed by atoms with E-state index >= 15 is 0 Å². The van der Waals surface area contributed by atoms with Crippen LogP contribution in [0.1, 0.15) is 18.1 Å². The summed E-state index contributed by atoms with van der Waals surface area (Å²) in [6, 6.07) is 9.22. The summed E-state index contributed by atoms with van der Waals surface area (Å²) in [7, 11) is -4.09. The third-order valence-electron chi connectivity index (χ3n) is 4.36. The van der Waals surface area contributed by atoms with Crippen LogP contribution in [0.5, 0.6) is 0 Å². The second-order valence-electron chi connectivity index (χ2n) is 6.28. The number of fused-ring (bicyclic) bond motifs is 1.